The van der Waals surface area contributed by atoms with Gasteiger partial charge < -0.3 is 28.8 Å². The van der Waals surface area contributed by atoms with Crippen molar-refractivity contribution in [3.8, 4) is 0 Å². The van der Waals surface area contributed by atoms with Crippen LogP contribution in [0, 0.1) is 0 Å². The van der Waals surface area contributed by atoms with Crippen molar-refractivity contribution >= 4 is 13.7 Å². The molecule has 424 valence electrons. The van der Waals surface area contributed by atoms with Crippen LogP contribution in [0.5, 0.6) is 0 Å². The van der Waals surface area contributed by atoms with Gasteiger partial charge in [-0.1, -0.05) is 259 Å². The van der Waals surface area contributed by atoms with Crippen LogP contribution in [-0.4, -0.2) is 68.5 Å². The molecule has 0 spiro atoms. The van der Waals surface area contributed by atoms with Gasteiger partial charge in [0.05, 0.1) is 39.9 Å². The standard InChI is InChI=1S/C64H117N2O6P/c1-6-8-10-12-14-16-18-20-22-24-26-27-28-29-30-31-32-33-34-35-36-37-38-39-40-42-44-46-48-50-52-54-56-58-64(68)65-62(61-72-73(69,70)71-60-59-66(3,4)5)63(67)57-55-53-51-49-47-45-43-41-25-23-21-19-17-15-13-11-9-7-2/h8,10,14,16,20,22,25-27,41,47,49,55,57,62-63,67H,6-7,9,11-13,15,17-19,21,23-24,28-40,42-46,48,50-54,56,58-61H2,1-5H3,(H-,65,68,69,70)/b10-8-,16-14-,22-20-,27-26-,41-25+,49-47+,57-55+. The Kier molecular flexibility index (Phi) is 52.7. The summed E-state index contributed by atoms with van der Waals surface area (Å²) in [4.78, 5) is 25.5. The largest absolute Gasteiger partial charge is 0.756 e. The van der Waals surface area contributed by atoms with Crippen molar-refractivity contribution in [2.24, 2.45) is 0 Å². The molecule has 0 fully saturated rings. The molecule has 73 heavy (non-hydrogen) atoms. The van der Waals surface area contributed by atoms with Gasteiger partial charge in [-0.15, -0.1) is 0 Å². The molecule has 0 bridgehead atoms. The Morgan fingerprint density at radius 1 is 0.493 bits per heavy atom. The molecule has 8 nitrogen and oxygen atoms in total. The van der Waals surface area contributed by atoms with Crippen LogP contribution in [-0.2, 0) is 18.4 Å². The minimum Gasteiger partial charge on any atom is -0.756 e. The molecule has 2 N–H and O–H groups in total. The lowest BCUT2D eigenvalue weighted by atomic mass is 10.0. The highest BCUT2D eigenvalue weighted by Gasteiger charge is 2.23. The van der Waals surface area contributed by atoms with Crippen LogP contribution in [0.25, 0.3) is 0 Å². The van der Waals surface area contributed by atoms with Crippen molar-refractivity contribution in [3.05, 3.63) is 85.1 Å². The summed E-state index contributed by atoms with van der Waals surface area (Å²) in [5, 5.41) is 13.9. The van der Waals surface area contributed by atoms with E-state index in [0.717, 1.165) is 70.6 Å². The van der Waals surface area contributed by atoms with Crippen LogP contribution in [0.2, 0.25) is 0 Å². The third-order valence-corrected chi connectivity index (χ3v) is 14.3. The summed E-state index contributed by atoms with van der Waals surface area (Å²) >= 11 is 0. The molecule has 0 aromatic heterocycles. The molecule has 3 atom stereocenters. The predicted molar refractivity (Wildman–Crippen MR) is 316 cm³/mol. The number of nitrogens with zero attached hydrogens (tertiary/aromatic N) is 1. The van der Waals surface area contributed by atoms with Crippen molar-refractivity contribution in [1.29, 1.82) is 0 Å². The number of amides is 1. The van der Waals surface area contributed by atoms with Crippen LogP contribution >= 0.6 is 7.82 Å². The van der Waals surface area contributed by atoms with Crippen molar-refractivity contribution < 1.29 is 32.9 Å². The fourth-order valence-corrected chi connectivity index (χ4v) is 9.31. The Hall–Kier alpha value is -2.32. The monoisotopic (exact) mass is 1040 g/mol. The zero-order chi connectivity index (χ0) is 53.5. The van der Waals surface area contributed by atoms with E-state index in [-0.39, 0.29) is 12.5 Å². The van der Waals surface area contributed by atoms with Gasteiger partial charge in [0.15, 0.2) is 0 Å². The Bertz CT molecular complexity index is 1460. The molecule has 3 unspecified atom stereocenters. The fourth-order valence-electron chi connectivity index (χ4n) is 8.59. The normalized spacial score (nSPS) is 14.5. The number of carbonyl (C=O) groups excluding carboxylic acids is 1. The summed E-state index contributed by atoms with van der Waals surface area (Å²) in [5.41, 5.74) is 0. The number of carbonyl (C=O) groups is 1. The first-order valence-electron chi connectivity index (χ1n) is 30.4. The van der Waals surface area contributed by atoms with Gasteiger partial charge in [-0.25, -0.2) is 0 Å². The lowest BCUT2D eigenvalue weighted by Crippen LogP contribution is -2.45. The number of likely N-dealkylation sites (N-methyl/N-ethyl adjacent to an activating group) is 1. The highest BCUT2D eigenvalue weighted by Crippen LogP contribution is 2.38. The zero-order valence-corrected chi connectivity index (χ0v) is 49.2. The molecule has 0 aliphatic rings. The van der Waals surface area contributed by atoms with Crippen LogP contribution in [0.15, 0.2) is 85.1 Å². The van der Waals surface area contributed by atoms with Crippen molar-refractivity contribution in [2.75, 3.05) is 40.9 Å². The number of phosphoric acid groups is 1. The molecule has 0 saturated carbocycles. The number of aliphatic hydroxyl groups is 1. The number of rotatable bonds is 55. The molecule has 0 aromatic carbocycles. The van der Waals surface area contributed by atoms with E-state index in [0.29, 0.717) is 17.4 Å². The molecule has 1 amide bonds. The Morgan fingerprint density at radius 2 is 0.849 bits per heavy atom. The lowest BCUT2D eigenvalue weighted by Gasteiger charge is -2.29. The van der Waals surface area contributed by atoms with E-state index < -0.39 is 26.6 Å². The number of aliphatic hydroxyl groups excluding tert-OH is 1. The van der Waals surface area contributed by atoms with Gasteiger partial charge in [-0.3, -0.25) is 9.36 Å². The molecule has 9 heteroatoms. The Morgan fingerprint density at radius 3 is 1.27 bits per heavy atom. The van der Waals surface area contributed by atoms with Crippen LogP contribution < -0.4 is 10.2 Å². The van der Waals surface area contributed by atoms with E-state index >= 15 is 0 Å². The van der Waals surface area contributed by atoms with E-state index in [1.54, 1.807) is 6.08 Å². The third kappa shape index (κ3) is 57.2. The molecule has 0 heterocycles. The van der Waals surface area contributed by atoms with Crippen LogP contribution in [0.3, 0.4) is 0 Å². The summed E-state index contributed by atoms with van der Waals surface area (Å²) in [6.45, 7) is 4.52. The van der Waals surface area contributed by atoms with Gasteiger partial charge in [-0.2, -0.15) is 0 Å². The first-order valence-corrected chi connectivity index (χ1v) is 31.9. The molecular weight excluding hydrogens is 924 g/mol. The first kappa shape index (κ1) is 70.7. The number of phosphoric ester groups is 1. The van der Waals surface area contributed by atoms with Gasteiger partial charge in [0.2, 0.25) is 5.91 Å². The van der Waals surface area contributed by atoms with E-state index in [2.05, 4.69) is 92.1 Å². The van der Waals surface area contributed by atoms with Crippen molar-refractivity contribution in [1.82, 2.24) is 5.32 Å². The van der Waals surface area contributed by atoms with Gasteiger partial charge in [0, 0.05) is 6.42 Å². The van der Waals surface area contributed by atoms with Gasteiger partial charge >= 0.3 is 0 Å². The summed E-state index contributed by atoms with van der Waals surface area (Å²) in [6, 6.07) is -0.912. The fraction of sp³-hybridized carbons (Fsp3) is 0.766. The average Bonchev–Trinajstić information content (AvgIpc) is 3.35. The quantitative estimate of drug-likeness (QED) is 0.0272. The van der Waals surface area contributed by atoms with Gasteiger partial charge in [0.1, 0.15) is 13.2 Å². The van der Waals surface area contributed by atoms with E-state index in [9.17, 15) is 19.4 Å². The second-order valence-electron chi connectivity index (χ2n) is 21.7. The molecular formula is C64H117N2O6P. The first-order chi connectivity index (χ1) is 35.5. The summed E-state index contributed by atoms with van der Waals surface area (Å²) < 4.78 is 23.3. The minimum absolute atomic E-state index is 0.0105. The van der Waals surface area contributed by atoms with Gasteiger partial charge in [-0.05, 0) is 83.5 Å². The second kappa shape index (κ2) is 54.5. The number of hydrogen-bond donors (Lipinski definition) is 2. The number of nitrogens with one attached hydrogen (secondary N) is 1. The second-order valence-corrected chi connectivity index (χ2v) is 23.1. The zero-order valence-electron chi connectivity index (χ0n) is 48.3. The Balaban J connectivity index is 4.11. The molecule has 0 aromatic rings. The molecule has 0 aliphatic carbocycles. The highest BCUT2D eigenvalue weighted by molar-refractivity contribution is 7.45. The maximum absolute atomic E-state index is 13.0. The summed E-state index contributed by atoms with van der Waals surface area (Å²) in [5.74, 6) is -0.210. The SMILES string of the molecule is CC/C=C\C/C=C\C/C=C\C/C=C\CCCCCCCCCCCCCCCCCCCCCCC(=O)NC(COP(=O)([O-])OCC[N+](C)(C)C)C(O)/C=C/CC/C=C/CC/C=C/CCCCCCCCCC. The van der Waals surface area contributed by atoms with E-state index in [4.69, 9.17) is 9.05 Å². The van der Waals surface area contributed by atoms with Gasteiger partial charge in [0.25, 0.3) is 7.82 Å². The number of hydrogen-bond acceptors (Lipinski definition) is 6. The van der Waals surface area contributed by atoms with Crippen molar-refractivity contribution in [2.45, 2.75) is 276 Å². The van der Waals surface area contributed by atoms with E-state index in [1.807, 2.05) is 27.2 Å². The summed E-state index contributed by atoms with van der Waals surface area (Å²) in [7, 11) is 1.24. The molecule has 0 aliphatic heterocycles. The maximum atomic E-state index is 13.0. The van der Waals surface area contributed by atoms with Crippen molar-refractivity contribution in [3.63, 3.8) is 0 Å². The molecule has 0 radical (unpaired) electrons. The van der Waals surface area contributed by atoms with Crippen LogP contribution in [0.1, 0.15) is 264 Å². The minimum atomic E-state index is -4.61. The average molecular weight is 1040 g/mol. The smallest absolute Gasteiger partial charge is 0.268 e. The molecule has 0 rings (SSSR count). The molecule has 0 saturated heterocycles. The predicted octanol–water partition coefficient (Wildman–Crippen LogP) is 18.2. The lowest BCUT2D eigenvalue weighted by molar-refractivity contribution is -0.870. The Labute approximate surface area is 452 Å². The summed E-state index contributed by atoms with van der Waals surface area (Å²) in [6.07, 6.45) is 76.8. The highest BCUT2D eigenvalue weighted by atomic mass is 31.2. The maximum Gasteiger partial charge on any atom is 0.268 e. The topological polar surface area (TPSA) is 108 Å². The van der Waals surface area contributed by atoms with Crippen LogP contribution in [0.4, 0.5) is 0 Å². The van der Waals surface area contributed by atoms with E-state index in [1.165, 1.54) is 173 Å². The number of allylic oxidation sites excluding steroid dienone is 13. The third-order valence-electron chi connectivity index (χ3n) is 13.3. The number of unbranched alkanes of at least 4 members (excludes halogenated alkanes) is 30. The number of quaternary nitrogens is 1.